The summed E-state index contributed by atoms with van der Waals surface area (Å²) in [5.74, 6) is -0.0642. The molecule has 0 radical (unpaired) electrons. The van der Waals surface area contributed by atoms with Crippen molar-refractivity contribution in [2.24, 2.45) is 0 Å². The normalized spacial score (nSPS) is 16.8. The van der Waals surface area contributed by atoms with Crippen LogP contribution in [0.5, 0.6) is 0 Å². The van der Waals surface area contributed by atoms with Crippen LogP contribution in [0.3, 0.4) is 0 Å². The van der Waals surface area contributed by atoms with Gasteiger partial charge < -0.3 is 0 Å². The van der Waals surface area contributed by atoms with E-state index in [-0.39, 0.29) is 5.91 Å². The summed E-state index contributed by atoms with van der Waals surface area (Å²) in [6, 6.07) is 7.50. The molecule has 0 aromatic carbocycles. The number of thiocarbonyl (C=S) groups is 1. The van der Waals surface area contributed by atoms with Crippen LogP contribution in [0.2, 0.25) is 0 Å². The smallest absolute Gasteiger partial charge is 0.266 e. The molecular weight excluding hydrogens is 302 g/mol. The number of hydrogen-bond acceptors (Lipinski definition) is 5. The van der Waals surface area contributed by atoms with Gasteiger partial charge in [0.2, 0.25) is 0 Å². The fourth-order valence-corrected chi connectivity index (χ4v) is 3.17. The third kappa shape index (κ3) is 3.17. The van der Waals surface area contributed by atoms with Gasteiger partial charge in [-0.05, 0) is 35.4 Å². The zero-order chi connectivity index (χ0) is 14.7. The average molecular weight is 313 g/mol. The molecule has 4 nitrogen and oxygen atoms in total. The summed E-state index contributed by atoms with van der Waals surface area (Å²) in [6.45, 7) is 0.470. The molecule has 1 aliphatic rings. The van der Waals surface area contributed by atoms with Crippen LogP contribution in [0.25, 0.3) is 6.08 Å². The first-order chi connectivity index (χ1) is 10.2. The highest BCUT2D eigenvalue weighted by atomic mass is 32.2. The quantitative estimate of drug-likeness (QED) is 0.644. The monoisotopic (exact) mass is 313 g/mol. The first-order valence-electron chi connectivity index (χ1n) is 6.28. The average Bonchev–Trinajstić information content (AvgIpc) is 2.77. The van der Waals surface area contributed by atoms with Crippen molar-refractivity contribution in [2.75, 3.05) is 0 Å². The number of aromatic nitrogens is 2. The summed E-state index contributed by atoms with van der Waals surface area (Å²) in [5.41, 5.74) is 1.89. The molecular formula is C15H11N3OS2. The minimum atomic E-state index is -0.0642. The maximum Gasteiger partial charge on any atom is 0.266 e. The molecule has 1 aliphatic heterocycles. The molecule has 6 heteroatoms. The van der Waals surface area contributed by atoms with Crippen molar-refractivity contribution < 1.29 is 4.79 Å². The van der Waals surface area contributed by atoms with Crippen LogP contribution in [-0.4, -0.2) is 25.1 Å². The molecule has 1 fully saturated rings. The van der Waals surface area contributed by atoms with Gasteiger partial charge in [-0.25, -0.2) is 0 Å². The minimum absolute atomic E-state index is 0.0642. The lowest BCUT2D eigenvalue weighted by atomic mass is 10.2. The molecule has 0 spiro atoms. The van der Waals surface area contributed by atoms with E-state index in [0.717, 1.165) is 11.1 Å². The SMILES string of the molecule is O=C1/C(=C/c2cccnc2)SC(=S)N1Cc1ccncc1. The van der Waals surface area contributed by atoms with Gasteiger partial charge in [0.1, 0.15) is 4.32 Å². The Hall–Kier alpha value is -2.05. The number of rotatable bonds is 3. The number of amides is 1. The highest BCUT2D eigenvalue weighted by Crippen LogP contribution is 2.33. The lowest BCUT2D eigenvalue weighted by molar-refractivity contribution is -0.122. The number of thioether (sulfide) groups is 1. The molecule has 104 valence electrons. The summed E-state index contributed by atoms with van der Waals surface area (Å²) < 4.78 is 0.576. The largest absolute Gasteiger partial charge is 0.288 e. The third-order valence-corrected chi connectivity index (χ3v) is 4.32. The summed E-state index contributed by atoms with van der Waals surface area (Å²) in [7, 11) is 0. The fraction of sp³-hybridized carbons (Fsp3) is 0.0667. The van der Waals surface area contributed by atoms with E-state index in [0.29, 0.717) is 15.8 Å². The van der Waals surface area contributed by atoms with Crippen molar-refractivity contribution >= 4 is 40.3 Å². The molecule has 3 rings (SSSR count). The maximum atomic E-state index is 12.4. The van der Waals surface area contributed by atoms with Gasteiger partial charge in [0.05, 0.1) is 11.4 Å². The molecule has 0 unspecified atom stereocenters. The van der Waals surface area contributed by atoms with Crippen molar-refractivity contribution in [1.82, 2.24) is 14.9 Å². The molecule has 1 amide bonds. The zero-order valence-corrected chi connectivity index (χ0v) is 12.6. The van der Waals surface area contributed by atoms with Crippen LogP contribution in [0.1, 0.15) is 11.1 Å². The maximum absolute atomic E-state index is 12.4. The van der Waals surface area contributed by atoms with E-state index < -0.39 is 0 Å². The number of nitrogens with zero attached hydrogens (tertiary/aromatic N) is 3. The molecule has 3 heterocycles. The van der Waals surface area contributed by atoms with Crippen molar-refractivity contribution in [3.05, 3.63) is 65.1 Å². The molecule has 0 bridgehead atoms. The Morgan fingerprint density at radius 1 is 1.19 bits per heavy atom. The zero-order valence-electron chi connectivity index (χ0n) is 11.0. The minimum Gasteiger partial charge on any atom is -0.288 e. The lowest BCUT2D eigenvalue weighted by Gasteiger charge is -2.14. The van der Waals surface area contributed by atoms with Gasteiger partial charge in [0.15, 0.2) is 0 Å². The molecule has 0 atom stereocenters. The molecule has 21 heavy (non-hydrogen) atoms. The Kier molecular flexibility index (Phi) is 4.08. The molecule has 0 saturated carbocycles. The van der Waals surface area contributed by atoms with E-state index >= 15 is 0 Å². The topological polar surface area (TPSA) is 46.1 Å². The summed E-state index contributed by atoms with van der Waals surface area (Å²) in [5, 5.41) is 0. The van der Waals surface area contributed by atoms with Gasteiger partial charge in [-0.15, -0.1) is 0 Å². The van der Waals surface area contributed by atoms with Crippen LogP contribution in [-0.2, 0) is 11.3 Å². The van der Waals surface area contributed by atoms with Gasteiger partial charge in [0, 0.05) is 24.8 Å². The van der Waals surface area contributed by atoms with E-state index in [9.17, 15) is 4.79 Å². The Labute approximate surface area is 131 Å². The summed E-state index contributed by atoms with van der Waals surface area (Å²) in [6.07, 6.45) is 8.65. The number of hydrogen-bond donors (Lipinski definition) is 0. The van der Waals surface area contributed by atoms with Crippen molar-refractivity contribution in [3.8, 4) is 0 Å². The van der Waals surface area contributed by atoms with Crippen molar-refractivity contribution in [2.45, 2.75) is 6.54 Å². The van der Waals surface area contributed by atoms with Crippen molar-refractivity contribution in [3.63, 3.8) is 0 Å². The van der Waals surface area contributed by atoms with Crippen LogP contribution in [0.4, 0.5) is 0 Å². The summed E-state index contributed by atoms with van der Waals surface area (Å²) in [4.78, 5) is 22.7. The molecule has 0 aliphatic carbocycles. The van der Waals surface area contributed by atoms with E-state index in [1.165, 1.54) is 11.8 Å². The summed E-state index contributed by atoms with van der Waals surface area (Å²) >= 11 is 6.63. The van der Waals surface area contributed by atoms with Gasteiger partial charge in [-0.3, -0.25) is 19.7 Å². The Bertz CT molecular complexity index is 701. The van der Waals surface area contributed by atoms with Crippen LogP contribution in [0, 0.1) is 0 Å². The Balaban J connectivity index is 1.81. The Morgan fingerprint density at radius 3 is 2.71 bits per heavy atom. The van der Waals surface area contributed by atoms with Gasteiger partial charge >= 0.3 is 0 Å². The van der Waals surface area contributed by atoms with E-state index in [2.05, 4.69) is 9.97 Å². The van der Waals surface area contributed by atoms with Crippen LogP contribution < -0.4 is 0 Å². The lowest BCUT2D eigenvalue weighted by Crippen LogP contribution is -2.27. The molecule has 0 N–H and O–H groups in total. The Morgan fingerprint density at radius 2 is 2.00 bits per heavy atom. The molecule has 1 saturated heterocycles. The fourth-order valence-electron chi connectivity index (χ4n) is 1.92. The molecule has 2 aromatic rings. The van der Waals surface area contributed by atoms with Crippen LogP contribution in [0.15, 0.2) is 54.0 Å². The third-order valence-electron chi connectivity index (χ3n) is 2.95. The highest BCUT2D eigenvalue weighted by Gasteiger charge is 2.31. The second-order valence-electron chi connectivity index (χ2n) is 4.41. The second kappa shape index (κ2) is 6.15. The van der Waals surface area contributed by atoms with E-state index in [1.807, 2.05) is 30.3 Å². The van der Waals surface area contributed by atoms with Gasteiger partial charge in [-0.1, -0.05) is 30.0 Å². The number of carbonyl (C=O) groups is 1. The van der Waals surface area contributed by atoms with E-state index in [1.54, 1.807) is 29.7 Å². The molecule has 2 aromatic heterocycles. The highest BCUT2D eigenvalue weighted by molar-refractivity contribution is 8.26. The standard InChI is InChI=1S/C15H11N3OS2/c19-14-13(8-12-2-1-5-17-9-12)21-15(20)18(14)10-11-3-6-16-7-4-11/h1-9H,10H2/b13-8-. The number of pyridine rings is 2. The van der Waals surface area contributed by atoms with Gasteiger partial charge in [0.25, 0.3) is 5.91 Å². The van der Waals surface area contributed by atoms with Crippen molar-refractivity contribution in [1.29, 1.82) is 0 Å². The predicted octanol–water partition coefficient (Wildman–Crippen LogP) is 2.88. The van der Waals surface area contributed by atoms with Gasteiger partial charge in [-0.2, -0.15) is 0 Å². The van der Waals surface area contributed by atoms with Crippen LogP contribution >= 0.6 is 24.0 Å². The second-order valence-corrected chi connectivity index (χ2v) is 6.09. The van der Waals surface area contributed by atoms with E-state index in [4.69, 9.17) is 12.2 Å². The predicted molar refractivity (Wildman–Crippen MR) is 87.2 cm³/mol. The first kappa shape index (κ1) is 13.9. The number of carbonyl (C=O) groups excluding carboxylic acids is 1. The first-order valence-corrected chi connectivity index (χ1v) is 7.51.